The van der Waals surface area contributed by atoms with Gasteiger partial charge < -0.3 is 10.9 Å². The quantitative estimate of drug-likeness (QED) is 0.385. The summed E-state index contributed by atoms with van der Waals surface area (Å²) in [5, 5.41) is 16.0. The first-order chi connectivity index (χ1) is 8.11. The molecule has 0 radical (unpaired) electrons. The first-order valence-corrected chi connectivity index (χ1v) is 5.70. The molecule has 0 saturated carbocycles. The predicted molar refractivity (Wildman–Crippen MR) is 68.5 cm³/mol. The number of benzene rings is 1. The molecule has 0 bridgehead atoms. The van der Waals surface area contributed by atoms with Gasteiger partial charge in [0.1, 0.15) is 0 Å². The van der Waals surface area contributed by atoms with Crippen LogP contribution < -0.4 is 5.73 Å². The average Bonchev–Trinajstić information content (AvgIpc) is 2.74. The number of rotatable bonds is 2. The molecule has 0 amide bonds. The highest BCUT2D eigenvalue weighted by Crippen LogP contribution is 2.18. The van der Waals surface area contributed by atoms with Crippen LogP contribution >= 0.6 is 15.9 Å². The van der Waals surface area contributed by atoms with Crippen LogP contribution in [0.3, 0.4) is 0 Å². The fourth-order valence-electron chi connectivity index (χ4n) is 1.54. The van der Waals surface area contributed by atoms with Crippen LogP contribution in [0.4, 0.5) is 0 Å². The van der Waals surface area contributed by atoms with Crippen LogP contribution in [-0.2, 0) is 0 Å². The minimum atomic E-state index is 0.0651. The zero-order valence-electron chi connectivity index (χ0n) is 9.13. The zero-order valence-corrected chi connectivity index (χ0v) is 10.7. The first kappa shape index (κ1) is 11.7. The third-order valence-corrected chi connectivity index (χ3v) is 2.74. The molecule has 0 saturated heterocycles. The molecule has 6 heteroatoms. The van der Waals surface area contributed by atoms with Gasteiger partial charge in [0.15, 0.2) is 5.84 Å². The van der Waals surface area contributed by atoms with Gasteiger partial charge in [0.2, 0.25) is 0 Å². The van der Waals surface area contributed by atoms with E-state index >= 15 is 0 Å². The van der Waals surface area contributed by atoms with Gasteiger partial charge in [-0.25, -0.2) is 4.68 Å². The molecular weight excluding hydrogens is 284 g/mol. The largest absolute Gasteiger partial charge is 0.409 e. The summed E-state index contributed by atoms with van der Waals surface area (Å²) in [5.74, 6) is 0.0651. The zero-order chi connectivity index (χ0) is 12.4. The minimum Gasteiger partial charge on any atom is -0.409 e. The van der Waals surface area contributed by atoms with Crippen molar-refractivity contribution in [2.24, 2.45) is 10.9 Å². The molecule has 88 valence electrons. The van der Waals surface area contributed by atoms with Crippen molar-refractivity contribution in [3.8, 4) is 5.69 Å². The van der Waals surface area contributed by atoms with E-state index in [4.69, 9.17) is 10.9 Å². The Morgan fingerprint density at radius 3 is 2.88 bits per heavy atom. The molecule has 0 aliphatic rings. The van der Waals surface area contributed by atoms with Gasteiger partial charge >= 0.3 is 0 Å². The molecule has 2 rings (SSSR count). The number of nitrogens with zero attached hydrogens (tertiary/aromatic N) is 3. The molecule has 1 aromatic heterocycles. The van der Waals surface area contributed by atoms with E-state index in [2.05, 4.69) is 26.2 Å². The molecule has 0 aliphatic heterocycles. The molecule has 1 aromatic carbocycles. The van der Waals surface area contributed by atoms with Crippen LogP contribution in [0.15, 0.2) is 40.2 Å². The highest BCUT2D eigenvalue weighted by Gasteiger charge is 2.10. The maximum Gasteiger partial charge on any atom is 0.172 e. The van der Waals surface area contributed by atoms with E-state index in [9.17, 15) is 0 Å². The summed E-state index contributed by atoms with van der Waals surface area (Å²) in [4.78, 5) is 0. The molecule has 0 unspecified atom stereocenters. The lowest BCUT2D eigenvalue weighted by Gasteiger charge is -2.09. The van der Waals surface area contributed by atoms with Crippen LogP contribution in [0.2, 0.25) is 0 Å². The number of amidine groups is 1. The van der Waals surface area contributed by atoms with Crippen LogP contribution in [0.5, 0.6) is 0 Å². The van der Waals surface area contributed by atoms with Crippen LogP contribution in [0, 0.1) is 6.92 Å². The van der Waals surface area contributed by atoms with E-state index in [1.165, 1.54) is 0 Å². The molecule has 5 nitrogen and oxygen atoms in total. The Morgan fingerprint density at radius 1 is 1.53 bits per heavy atom. The topological polar surface area (TPSA) is 76.4 Å². The lowest BCUT2D eigenvalue weighted by Crippen LogP contribution is -2.16. The standard InChI is InChI=1S/C11H11BrN4O/c1-7-2-3-10(9(4-7)11(13)15-17)16-6-8(12)5-14-16/h2-6,17H,1H3,(H2,13,15). The van der Waals surface area contributed by atoms with Gasteiger partial charge in [0.25, 0.3) is 0 Å². The second kappa shape index (κ2) is 4.58. The summed E-state index contributed by atoms with van der Waals surface area (Å²) >= 11 is 3.33. The van der Waals surface area contributed by atoms with Crippen molar-refractivity contribution in [2.45, 2.75) is 6.92 Å². The van der Waals surface area contributed by atoms with Crippen molar-refractivity contribution < 1.29 is 5.21 Å². The Kier molecular flexibility index (Phi) is 3.14. The first-order valence-electron chi connectivity index (χ1n) is 4.91. The molecular formula is C11H11BrN4O. The maximum atomic E-state index is 8.78. The van der Waals surface area contributed by atoms with Gasteiger partial charge in [-0.05, 0) is 35.0 Å². The fraction of sp³-hybridized carbons (Fsp3) is 0.0909. The highest BCUT2D eigenvalue weighted by atomic mass is 79.9. The summed E-state index contributed by atoms with van der Waals surface area (Å²) in [6.45, 7) is 1.94. The molecule has 0 fully saturated rings. The molecule has 3 N–H and O–H groups in total. The van der Waals surface area contributed by atoms with Gasteiger partial charge in [-0.2, -0.15) is 5.10 Å². The minimum absolute atomic E-state index is 0.0651. The molecule has 17 heavy (non-hydrogen) atoms. The van der Waals surface area contributed by atoms with Crippen molar-refractivity contribution in [2.75, 3.05) is 0 Å². The lowest BCUT2D eigenvalue weighted by molar-refractivity contribution is 0.318. The van der Waals surface area contributed by atoms with Crippen LogP contribution in [0.25, 0.3) is 5.69 Å². The Labute approximate surface area is 107 Å². The summed E-state index contributed by atoms with van der Waals surface area (Å²) in [7, 11) is 0. The summed E-state index contributed by atoms with van der Waals surface area (Å²) in [6, 6.07) is 5.67. The third kappa shape index (κ3) is 2.31. The Bertz CT molecular complexity index is 577. The van der Waals surface area contributed by atoms with E-state index < -0.39 is 0 Å². The second-order valence-electron chi connectivity index (χ2n) is 3.61. The van der Waals surface area contributed by atoms with Gasteiger partial charge in [-0.1, -0.05) is 16.8 Å². The van der Waals surface area contributed by atoms with E-state index in [1.807, 2.05) is 25.1 Å². The normalized spacial score (nSPS) is 11.8. The SMILES string of the molecule is Cc1ccc(-n2cc(Br)cn2)c(/C(N)=N/O)c1. The lowest BCUT2D eigenvalue weighted by atomic mass is 10.1. The van der Waals surface area contributed by atoms with Crippen molar-refractivity contribution >= 4 is 21.8 Å². The summed E-state index contributed by atoms with van der Waals surface area (Å²) < 4.78 is 2.53. The molecule has 2 aromatic rings. The van der Waals surface area contributed by atoms with Gasteiger partial charge in [0.05, 0.1) is 16.4 Å². The third-order valence-electron chi connectivity index (χ3n) is 2.33. The van der Waals surface area contributed by atoms with Crippen LogP contribution in [-0.4, -0.2) is 20.8 Å². The Hall–Kier alpha value is -1.82. The number of hydrogen-bond acceptors (Lipinski definition) is 3. The van der Waals surface area contributed by atoms with Gasteiger partial charge in [-0.15, -0.1) is 0 Å². The predicted octanol–water partition coefficient (Wildman–Crippen LogP) is 2.04. The highest BCUT2D eigenvalue weighted by molar-refractivity contribution is 9.10. The van der Waals surface area contributed by atoms with Crippen molar-refractivity contribution in [3.63, 3.8) is 0 Å². The number of aromatic nitrogens is 2. The number of hydrogen-bond donors (Lipinski definition) is 2. The number of aryl methyl sites for hydroxylation is 1. The van der Waals surface area contributed by atoms with E-state index in [-0.39, 0.29) is 5.84 Å². The number of oxime groups is 1. The monoisotopic (exact) mass is 294 g/mol. The molecule has 0 aliphatic carbocycles. The van der Waals surface area contributed by atoms with Crippen LogP contribution in [0.1, 0.15) is 11.1 Å². The Morgan fingerprint density at radius 2 is 2.29 bits per heavy atom. The van der Waals surface area contributed by atoms with E-state index in [0.29, 0.717) is 5.56 Å². The Balaban J connectivity index is 2.61. The maximum absolute atomic E-state index is 8.78. The molecule has 0 atom stereocenters. The second-order valence-corrected chi connectivity index (χ2v) is 4.52. The smallest absolute Gasteiger partial charge is 0.172 e. The average molecular weight is 295 g/mol. The van der Waals surface area contributed by atoms with E-state index in [1.54, 1.807) is 17.1 Å². The molecule has 0 spiro atoms. The fourth-order valence-corrected chi connectivity index (χ4v) is 1.83. The summed E-state index contributed by atoms with van der Waals surface area (Å²) in [5.41, 5.74) is 8.09. The van der Waals surface area contributed by atoms with Crippen molar-refractivity contribution in [3.05, 3.63) is 46.2 Å². The van der Waals surface area contributed by atoms with Crippen molar-refractivity contribution in [1.82, 2.24) is 9.78 Å². The van der Waals surface area contributed by atoms with Gasteiger partial charge in [-0.3, -0.25) is 0 Å². The van der Waals surface area contributed by atoms with Crippen molar-refractivity contribution in [1.29, 1.82) is 0 Å². The summed E-state index contributed by atoms with van der Waals surface area (Å²) in [6.07, 6.45) is 3.48. The molecule has 1 heterocycles. The van der Waals surface area contributed by atoms with Gasteiger partial charge in [0, 0.05) is 11.8 Å². The van der Waals surface area contributed by atoms with E-state index in [0.717, 1.165) is 15.7 Å². The number of halogens is 1. The number of nitrogens with two attached hydrogens (primary N) is 1.